The van der Waals surface area contributed by atoms with Gasteiger partial charge in [0.05, 0.1) is 12.0 Å². The summed E-state index contributed by atoms with van der Waals surface area (Å²) in [6.07, 6.45) is 7.83. The monoisotopic (exact) mass is 299 g/mol. The largest absolute Gasteiger partial charge is 0.453 e. The highest BCUT2D eigenvalue weighted by Crippen LogP contribution is 2.32. The van der Waals surface area contributed by atoms with Gasteiger partial charge in [-0.25, -0.2) is 4.79 Å². The lowest BCUT2D eigenvalue weighted by Crippen LogP contribution is -2.26. The Morgan fingerprint density at radius 3 is 2.95 bits per heavy atom. The van der Waals surface area contributed by atoms with Gasteiger partial charge in [0.2, 0.25) is 5.91 Å². The predicted octanol–water partition coefficient (Wildman–Crippen LogP) is 3.29. The zero-order chi connectivity index (χ0) is 15.4. The lowest BCUT2D eigenvalue weighted by atomic mass is 9.97. The van der Waals surface area contributed by atoms with Gasteiger partial charge in [-0.1, -0.05) is 29.8 Å². The molecule has 1 N–H and O–H groups in total. The van der Waals surface area contributed by atoms with Gasteiger partial charge in [-0.3, -0.25) is 4.79 Å². The molecule has 1 heterocycles. The van der Waals surface area contributed by atoms with Gasteiger partial charge in [0.1, 0.15) is 6.10 Å². The van der Waals surface area contributed by atoms with Crippen molar-refractivity contribution in [1.29, 1.82) is 0 Å². The Hall–Kier alpha value is -2.10. The van der Waals surface area contributed by atoms with Crippen LogP contribution in [0.5, 0.6) is 0 Å². The zero-order valence-corrected chi connectivity index (χ0v) is 12.6. The van der Waals surface area contributed by atoms with E-state index in [2.05, 4.69) is 11.4 Å². The predicted molar refractivity (Wildman–Crippen MR) is 83.4 cm³/mol. The molecular weight excluding hydrogens is 278 g/mol. The first-order valence-corrected chi connectivity index (χ1v) is 7.98. The lowest BCUT2D eigenvalue weighted by Gasteiger charge is -2.14. The smallest absolute Gasteiger partial charge is 0.339 e. The molecule has 0 spiro atoms. The van der Waals surface area contributed by atoms with Crippen LogP contribution in [-0.2, 0) is 9.53 Å². The van der Waals surface area contributed by atoms with Gasteiger partial charge >= 0.3 is 5.97 Å². The fraction of sp³-hybridized carbons (Fsp3) is 0.444. The van der Waals surface area contributed by atoms with Crippen LogP contribution in [0.2, 0.25) is 0 Å². The van der Waals surface area contributed by atoms with Crippen LogP contribution < -0.4 is 5.32 Å². The number of esters is 1. The van der Waals surface area contributed by atoms with Crippen molar-refractivity contribution in [1.82, 2.24) is 5.32 Å². The lowest BCUT2D eigenvalue weighted by molar-refractivity contribution is -0.122. The van der Waals surface area contributed by atoms with Gasteiger partial charge in [-0.15, -0.1) is 0 Å². The highest BCUT2D eigenvalue weighted by atomic mass is 16.5. The Balaban J connectivity index is 1.48. The van der Waals surface area contributed by atoms with Crippen molar-refractivity contribution in [2.24, 2.45) is 0 Å². The number of cyclic esters (lactones) is 1. The molecule has 0 unspecified atom stereocenters. The van der Waals surface area contributed by atoms with Crippen LogP contribution in [0.25, 0.3) is 0 Å². The number of ether oxygens (including phenoxy) is 1. The van der Waals surface area contributed by atoms with Gasteiger partial charge in [0.15, 0.2) is 0 Å². The summed E-state index contributed by atoms with van der Waals surface area (Å²) in [7, 11) is 0. The maximum absolute atomic E-state index is 12.0. The van der Waals surface area contributed by atoms with E-state index in [0.29, 0.717) is 12.1 Å². The molecule has 1 aliphatic carbocycles. The molecule has 1 aromatic carbocycles. The van der Waals surface area contributed by atoms with Crippen LogP contribution in [0.4, 0.5) is 0 Å². The summed E-state index contributed by atoms with van der Waals surface area (Å²) in [6.45, 7) is 0.660. The zero-order valence-electron chi connectivity index (χ0n) is 12.6. The standard InChI is InChI=1S/C18H21NO3/c20-17(19-11-10-13-6-2-1-3-7-13)12-16-14-8-4-5-9-15(14)18(21)22-16/h4-6,8-9,16H,1-3,7,10-12H2,(H,19,20)/t16-/m0/s1. The molecule has 0 aromatic heterocycles. The molecule has 22 heavy (non-hydrogen) atoms. The van der Waals surface area contributed by atoms with E-state index in [4.69, 9.17) is 4.74 Å². The topological polar surface area (TPSA) is 55.4 Å². The molecule has 0 saturated heterocycles. The van der Waals surface area contributed by atoms with Gasteiger partial charge < -0.3 is 10.1 Å². The molecule has 1 aromatic rings. The number of carbonyl (C=O) groups is 2. The van der Waals surface area contributed by atoms with Crippen LogP contribution >= 0.6 is 0 Å². The summed E-state index contributed by atoms with van der Waals surface area (Å²) in [5.41, 5.74) is 2.84. The van der Waals surface area contributed by atoms with Crippen LogP contribution in [0.3, 0.4) is 0 Å². The summed E-state index contributed by atoms with van der Waals surface area (Å²) >= 11 is 0. The normalized spacial score (nSPS) is 20.1. The summed E-state index contributed by atoms with van der Waals surface area (Å²) in [6, 6.07) is 7.26. The van der Waals surface area contributed by atoms with E-state index in [-0.39, 0.29) is 18.3 Å². The average molecular weight is 299 g/mol. The van der Waals surface area contributed by atoms with E-state index in [1.54, 1.807) is 12.1 Å². The minimum Gasteiger partial charge on any atom is -0.453 e. The molecule has 1 aliphatic heterocycles. The molecule has 0 bridgehead atoms. The maximum atomic E-state index is 12.0. The molecule has 3 rings (SSSR count). The minimum atomic E-state index is -0.447. The first-order chi connectivity index (χ1) is 10.7. The minimum absolute atomic E-state index is 0.0640. The highest BCUT2D eigenvalue weighted by molar-refractivity contribution is 5.94. The quantitative estimate of drug-likeness (QED) is 0.670. The molecule has 0 radical (unpaired) electrons. The first kappa shape index (κ1) is 14.8. The van der Waals surface area contributed by atoms with Crippen LogP contribution in [-0.4, -0.2) is 18.4 Å². The molecule has 4 nitrogen and oxygen atoms in total. The highest BCUT2D eigenvalue weighted by Gasteiger charge is 2.31. The van der Waals surface area contributed by atoms with E-state index in [9.17, 15) is 9.59 Å². The number of rotatable bonds is 5. The van der Waals surface area contributed by atoms with Crippen molar-refractivity contribution in [3.05, 3.63) is 47.0 Å². The third-order valence-corrected chi connectivity index (χ3v) is 4.30. The SMILES string of the molecule is O=C(C[C@@H]1OC(=O)c2ccccc21)NCCC1=CCCCC1. The Labute approximate surface area is 130 Å². The van der Waals surface area contributed by atoms with Crippen molar-refractivity contribution < 1.29 is 14.3 Å². The van der Waals surface area contributed by atoms with Crippen molar-refractivity contribution >= 4 is 11.9 Å². The number of benzene rings is 1. The number of hydrogen-bond donors (Lipinski definition) is 1. The summed E-state index contributed by atoms with van der Waals surface area (Å²) in [4.78, 5) is 23.8. The average Bonchev–Trinajstić information content (AvgIpc) is 2.85. The third kappa shape index (κ3) is 3.38. The van der Waals surface area contributed by atoms with Crippen molar-refractivity contribution in [2.75, 3.05) is 6.54 Å². The Morgan fingerprint density at radius 2 is 2.14 bits per heavy atom. The number of allylic oxidation sites excluding steroid dienone is 1. The molecule has 116 valence electrons. The van der Waals surface area contributed by atoms with Crippen molar-refractivity contribution in [2.45, 2.75) is 44.6 Å². The van der Waals surface area contributed by atoms with Crippen molar-refractivity contribution in [3.8, 4) is 0 Å². The fourth-order valence-corrected chi connectivity index (χ4v) is 3.11. The number of carbonyl (C=O) groups excluding carboxylic acids is 2. The Morgan fingerprint density at radius 1 is 1.27 bits per heavy atom. The van der Waals surface area contributed by atoms with E-state index in [1.807, 2.05) is 12.1 Å². The number of amides is 1. The number of nitrogens with one attached hydrogen (secondary N) is 1. The summed E-state index contributed by atoms with van der Waals surface area (Å²) in [5.74, 6) is -0.397. The first-order valence-electron chi connectivity index (χ1n) is 7.98. The van der Waals surface area contributed by atoms with Gasteiger partial charge in [0.25, 0.3) is 0 Å². The van der Waals surface area contributed by atoms with Crippen molar-refractivity contribution in [3.63, 3.8) is 0 Å². The molecule has 2 aliphatic rings. The third-order valence-electron chi connectivity index (χ3n) is 4.30. The van der Waals surface area contributed by atoms with Crippen LogP contribution in [0, 0.1) is 0 Å². The molecule has 1 amide bonds. The molecule has 0 saturated carbocycles. The second kappa shape index (κ2) is 6.77. The van der Waals surface area contributed by atoms with Gasteiger partial charge in [0, 0.05) is 12.1 Å². The van der Waals surface area contributed by atoms with E-state index in [1.165, 1.54) is 18.4 Å². The Bertz CT molecular complexity index is 606. The number of hydrogen-bond acceptors (Lipinski definition) is 3. The number of fused-ring (bicyclic) bond motifs is 1. The fourth-order valence-electron chi connectivity index (χ4n) is 3.11. The van der Waals surface area contributed by atoms with Gasteiger partial charge in [-0.2, -0.15) is 0 Å². The van der Waals surface area contributed by atoms with E-state index >= 15 is 0 Å². The second-order valence-corrected chi connectivity index (χ2v) is 5.89. The molecule has 4 heteroatoms. The van der Waals surface area contributed by atoms with Crippen LogP contribution in [0.1, 0.15) is 60.6 Å². The summed E-state index contributed by atoms with van der Waals surface area (Å²) in [5, 5.41) is 2.93. The second-order valence-electron chi connectivity index (χ2n) is 5.89. The summed E-state index contributed by atoms with van der Waals surface area (Å²) < 4.78 is 5.29. The van der Waals surface area contributed by atoms with Gasteiger partial charge in [-0.05, 0) is 38.2 Å². The van der Waals surface area contributed by atoms with E-state index in [0.717, 1.165) is 24.8 Å². The molecule has 1 atom stereocenters. The Kier molecular flexibility index (Phi) is 4.56. The molecule has 0 fully saturated rings. The molecular formula is C18H21NO3. The maximum Gasteiger partial charge on any atom is 0.339 e. The van der Waals surface area contributed by atoms with Crippen LogP contribution in [0.15, 0.2) is 35.9 Å². The van der Waals surface area contributed by atoms with E-state index < -0.39 is 6.10 Å².